The summed E-state index contributed by atoms with van der Waals surface area (Å²) < 4.78 is 12.1. The molecule has 0 saturated heterocycles. The first-order valence-corrected chi connectivity index (χ1v) is 8.40. The fourth-order valence-corrected chi connectivity index (χ4v) is 3.90. The van der Waals surface area contributed by atoms with Gasteiger partial charge in [0.05, 0.1) is 11.4 Å². The van der Waals surface area contributed by atoms with Crippen LogP contribution in [0.25, 0.3) is 0 Å². The number of rotatable bonds is 5. The highest BCUT2D eigenvalue weighted by Gasteiger charge is 2.11. The number of nitrogens with zero attached hydrogens (tertiary/aromatic N) is 1. The summed E-state index contributed by atoms with van der Waals surface area (Å²) in [5.74, 6) is -0.291. The van der Waals surface area contributed by atoms with Gasteiger partial charge in [-0.25, -0.2) is 9.78 Å². The van der Waals surface area contributed by atoms with Gasteiger partial charge in [0.25, 0.3) is 0 Å². The summed E-state index contributed by atoms with van der Waals surface area (Å²) in [6.07, 6.45) is 0. The van der Waals surface area contributed by atoms with Crippen LogP contribution in [0.1, 0.15) is 32.2 Å². The van der Waals surface area contributed by atoms with Crippen LogP contribution in [0.5, 0.6) is 0 Å². The second kappa shape index (κ2) is 6.28. The summed E-state index contributed by atoms with van der Waals surface area (Å²) in [7, 11) is -1.09. The van der Waals surface area contributed by atoms with Gasteiger partial charge in [-0.1, -0.05) is 29.3 Å². The lowest BCUT2D eigenvalue weighted by Crippen LogP contribution is -2.02. The average molecular weight is 309 g/mol. The van der Waals surface area contributed by atoms with Crippen molar-refractivity contribution in [3.63, 3.8) is 0 Å². The minimum atomic E-state index is -1.09. The monoisotopic (exact) mass is 309 g/mol. The molecular formula is C14H15NO3S2. The molecule has 2 aromatic rings. The van der Waals surface area contributed by atoms with Gasteiger partial charge in [-0.3, -0.25) is 4.21 Å². The number of benzene rings is 1. The van der Waals surface area contributed by atoms with Crippen LogP contribution >= 0.6 is 11.3 Å². The quantitative estimate of drug-likeness (QED) is 0.922. The molecule has 1 aromatic carbocycles. The maximum absolute atomic E-state index is 12.1. The molecule has 0 aliphatic rings. The third kappa shape index (κ3) is 3.98. The number of carboxylic acids is 1. The molecule has 1 unspecified atom stereocenters. The third-order valence-corrected chi connectivity index (χ3v) is 4.80. The van der Waals surface area contributed by atoms with Gasteiger partial charge in [0.1, 0.15) is 0 Å². The number of carbonyl (C=O) groups is 1. The minimum absolute atomic E-state index is 0.0448. The third-order valence-electron chi connectivity index (χ3n) is 2.65. The largest absolute Gasteiger partial charge is 0.476 e. The molecule has 0 fully saturated rings. The molecule has 0 spiro atoms. The zero-order valence-electron chi connectivity index (χ0n) is 11.3. The molecule has 4 nitrogen and oxygen atoms in total. The summed E-state index contributed by atoms with van der Waals surface area (Å²) in [5, 5.41) is 10.5. The summed E-state index contributed by atoms with van der Waals surface area (Å²) in [5.41, 5.74) is 3.92. The molecule has 1 aromatic heterocycles. The van der Waals surface area contributed by atoms with Gasteiger partial charge in [-0.05, 0) is 19.4 Å². The molecular weight excluding hydrogens is 294 g/mol. The van der Waals surface area contributed by atoms with E-state index in [4.69, 9.17) is 5.11 Å². The first-order chi connectivity index (χ1) is 9.44. The maximum atomic E-state index is 12.1. The van der Waals surface area contributed by atoms with Crippen LogP contribution < -0.4 is 0 Å². The Kier molecular flexibility index (Phi) is 4.67. The summed E-state index contributed by atoms with van der Waals surface area (Å²) >= 11 is 1.07. The number of aryl methyl sites for hydroxylation is 2. The van der Waals surface area contributed by atoms with E-state index in [1.165, 1.54) is 0 Å². The SMILES string of the molecule is Cc1cc(C)cc(CS(=O)Cc2csc(C(=O)O)n2)c1. The van der Waals surface area contributed by atoms with E-state index in [0.29, 0.717) is 11.4 Å². The number of aromatic carboxylic acids is 1. The van der Waals surface area contributed by atoms with E-state index in [1.54, 1.807) is 5.38 Å². The molecule has 0 amide bonds. The Bertz CT molecular complexity index is 644. The van der Waals surface area contributed by atoms with Crippen molar-refractivity contribution in [2.24, 2.45) is 0 Å². The second-order valence-electron chi connectivity index (χ2n) is 4.67. The molecule has 6 heteroatoms. The predicted octanol–water partition coefficient (Wildman–Crippen LogP) is 2.91. The Balaban J connectivity index is 2.03. The van der Waals surface area contributed by atoms with Gasteiger partial charge in [0.2, 0.25) is 5.01 Å². The van der Waals surface area contributed by atoms with Crippen LogP contribution in [0.2, 0.25) is 0 Å². The first kappa shape index (κ1) is 14.9. The highest BCUT2D eigenvalue weighted by atomic mass is 32.2. The molecule has 0 aliphatic carbocycles. The Labute approximate surface area is 124 Å². The van der Waals surface area contributed by atoms with Gasteiger partial charge in [-0.15, -0.1) is 11.3 Å². The van der Waals surface area contributed by atoms with E-state index >= 15 is 0 Å². The van der Waals surface area contributed by atoms with Crippen LogP contribution in [-0.4, -0.2) is 20.3 Å². The number of thiazole rings is 1. The van der Waals surface area contributed by atoms with Crippen LogP contribution in [0.4, 0.5) is 0 Å². The number of carboxylic acid groups (broad SMARTS) is 1. The van der Waals surface area contributed by atoms with E-state index in [0.717, 1.165) is 28.0 Å². The molecule has 2 rings (SSSR count). The lowest BCUT2D eigenvalue weighted by Gasteiger charge is -2.04. The fourth-order valence-electron chi connectivity index (χ4n) is 2.03. The Morgan fingerprint density at radius 2 is 1.90 bits per heavy atom. The van der Waals surface area contributed by atoms with Crippen molar-refractivity contribution in [1.82, 2.24) is 4.98 Å². The lowest BCUT2D eigenvalue weighted by atomic mass is 10.1. The van der Waals surface area contributed by atoms with Crippen molar-refractivity contribution in [3.8, 4) is 0 Å². The second-order valence-corrected chi connectivity index (χ2v) is 6.99. The van der Waals surface area contributed by atoms with Gasteiger partial charge in [0, 0.05) is 21.9 Å². The molecule has 0 radical (unpaired) electrons. The van der Waals surface area contributed by atoms with Gasteiger partial charge < -0.3 is 5.11 Å². The smallest absolute Gasteiger partial charge is 0.365 e. The molecule has 106 valence electrons. The number of aromatic nitrogens is 1. The number of hydrogen-bond donors (Lipinski definition) is 1. The van der Waals surface area contributed by atoms with E-state index in [9.17, 15) is 9.00 Å². The van der Waals surface area contributed by atoms with Crippen LogP contribution in [0.15, 0.2) is 23.6 Å². The van der Waals surface area contributed by atoms with E-state index < -0.39 is 16.8 Å². The molecule has 20 heavy (non-hydrogen) atoms. The number of hydrogen-bond acceptors (Lipinski definition) is 4. The van der Waals surface area contributed by atoms with Crippen molar-refractivity contribution in [2.45, 2.75) is 25.4 Å². The van der Waals surface area contributed by atoms with E-state index in [1.807, 2.05) is 26.0 Å². The summed E-state index contributed by atoms with van der Waals surface area (Å²) in [6, 6.07) is 6.12. The van der Waals surface area contributed by atoms with Crippen LogP contribution in [0.3, 0.4) is 0 Å². The zero-order chi connectivity index (χ0) is 14.7. The first-order valence-electron chi connectivity index (χ1n) is 6.04. The van der Waals surface area contributed by atoms with E-state index in [2.05, 4.69) is 11.1 Å². The lowest BCUT2D eigenvalue weighted by molar-refractivity contribution is 0.0696. The van der Waals surface area contributed by atoms with Gasteiger partial charge in [-0.2, -0.15) is 0 Å². The molecule has 1 atom stereocenters. The minimum Gasteiger partial charge on any atom is -0.476 e. The summed E-state index contributed by atoms with van der Waals surface area (Å²) in [6.45, 7) is 4.03. The van der Waals surface area contributed by atoms with Crippen molar-refractivity contribution >= 4 is 28.1 Å². The molecule has 1 N–H and O–H groups in total. The van der Waals surface area contributed by atoms with Crippen LogP contribution in [-0.2, 0) is 22.3 Å². The standard InChI is InChI=1S/C14H15NO3S2/c1-9-3-10(2)5-11(4-9)7-20(18)8-12-6-19-13(15-12)14(16)17/h3-6H,7-8H2,1-2H3,(H,16,17). The topological polar surface area (TPSA) is 67.3 Å². The molecule has 1 heterocycles. The zero-order valence-corrected chi connectivity index (χ0v) is 12.9. The molecule has 0 saturated carbocycles. The Morgan fingerprint density at radius 1 is 1.25 bits per heavy atom. The Hall–Kier alpha value is -1.53. The maximum Gasteiger partial charge on any atom is 0.365 e. The average Bonchev–Trinajstić information content (AvgIpc) is 2.75. The van der Waals surface area contributed by atoms with Crippen LogP contribution in [0, 0.1) is 13.8 Å². The fraction of sp³-hybridized carbons (Fsp3) is 0.286. The summed E-state index contributed by atoms with van der Waals surface area (Å²) in [4.78, 5) is 14.7. The normalized spacial score (nSPS) is 12.3. The Morgan fingerprint density at radius 3 is 2.45 bits per heavy atom. The van der Waals surface area contributed by atoms with Gasteiger partial charge in [0.15, 0.2) is 0 Å². The van der Waals surface area contributed by atoms with Crippen molar-refractivity contribution in [2.75, 3.05) is 0 Å². The van der Waals surface area contributed by atoms with Gasteiger partial charge >= 0.3 is 5.97 Å². The highest BCUT2D eigenvalue weighted by Crippen LogP contribution is 2.15. The predicted molar refractivity (Wildman–Crippen MR) is 80.5 cm³/mol. The highest BCUT2D eigenvalue weighted by molar-refractivity contribution is 7.83. The molecule has 0 aliphatic heterocycles. The van der Waals surface area contributed by atoms with Crippen molar-refractivity contribution in [1.29, 1.82) is 0 Å². The van der Waals surface area contributed by atoms with Crippen molar-refractivity contribution < 1.29 is 14.1 Å². The van der Waals surface area contributed by atoms with E-state index in [-0.39, 0.29) is 10.8 Å². The molecule has 0 bridgehead atoms. The van der Waals surface area contributed by atoms with Crippen molar-refractivity contribution in [3.05, 3.63) is 51.0 Å².